The van der Waals surface area contributed by atoms with Crippen LogP contribution in [0, 0.1) is 5.82 Å². The van der Waals surface area contributed by atoms with Crippen molar-refractivity contribution in [2.45, 2.75) is 4.90 Å². The summed E-state index contributed by atoms with van der Waals surface area (Å²) >= 11 is 3.71. The number of sulfonamides is 1. The molecule has 0 saturated carbocycles. The van der Waals surface area contributed by atoms with E-state index in [1.165, 1.54) is 24.3 Å². The number of nitrogens with one attached hydrogen (secondary N) is 1. The summed E-state index contributed by atoms with van der Waals surface area (Å²) in [7, 11) is -3.96. The second-order valence-corrected chi connectivity index (χ2v) is 7.27. The number of hydrogen-bond acceptors (Lipinski definition) is 4. The first kappa shape index (κ1) is 14.9. The highest BCUT2D eigenvalue weighted by Gasteiger charge is 2.18. The molecule has 0 fully saturated rings. The minimum absolute atomic E-state index is 0.00434. The first-order chi connectivity index (χ1) is 9.29. The third-order valence-corrected chi connectivity index (χ3v) is 5.38. The normalized spacial score (nSPS) is 11.3. The molecule has 1 aromatic carbocycles. The summed E-state index contributed by atoms with van der Waals surface area (Å²) in [4.78, 5) is 10.5. The van der Waals surface area contributed by atoms with E-state index in [9.17, 15) is 17.6 Å². The highest BCUT2D eigenvalue weighted by Crippen LogP contribution is 2.26. The topological polar surface area (TPSA) is 83.5 Å². The molecule has 0 aliphatic heterocycles. The lowest BCUT2D eigenvalue weighted by Crippen LogP contribution is -2.12. The largest absolute Gasteiger partial charge is 0.477 e. The van der Waals surface area contributed by atoms with E-state index in [2.05, 4.69) is 20.7 Å². The van der Waals surface area contributed by atoms with Crippen molar-refractivity contribution in [1.29, 1.82) is 0 Å². The Morgan fingerprint density at radius 1 is 1.30 bits per heavy atom. The van der Waals surface area contributed by atoms with Crippen LogP contribution in [0.1, 0.15) is 9.67 Å². The van der Waals surface area contributed by atoms with E-state index in [4.69, 9.17) is 5.11 Å². The fourth-order valence-corrected chi connectivity index (χ4v) is 3.64. The molecule has 106 valence electrons. The van der Waals surface area contributed by atoms with Crippen LogP contribution in [0.2, 0.25) is 0 Å². The van der Waals surface area contributed by atoms with Gasteiger partial charge >= 0.3 is 5.97 Å². The summed E-state index contributed by atoms with van der Waals surface area (Å²) in [5.74, 6) is -1.85. The Labute approximate surface area is 126 Å². The maximum atomic E-state index is 13.3. The highest BCUT2D eigenvalue weighted by molar-refractivity contribution is 9.10. The molecule has 0 saturated heterocycles. The van der Waals surface area contributed by atoms with Crippen LogP contribution in [0.5, 0.6) is 0 Å². The Hall–Kier alpha value is -1.45. The number of benzene rings is 1. The van der Waals surface area contributed by atoms with Crippen molar-refractivity contribution in [3.8, 4) is 0 Å². The van der Waals surface area contributed by atoms with E-state index in [-0.39, 0.29) is 19.2 Å². The molecule has 2 aromatic rings. The Morgan fingerprint density at radius 3 is 2.55 bits per heavy atom. The molecule has 0 aliphatic rings. The lowest BCUT2D eigenvalue weighted by atomic mass is 10.3. The summed E-state index contributed by atoms with van der Waals surface area (Å²) in [5.41, 5.74) is 0. The summed E-state index contributed by atoms with van der Waals surface area (Å²) in [5, 5.41) is 8.90. The molecule has 0 aliphatic carbocycles. The number of carbonyl (C=O) groups is 1. The predicted molar refractivity (Wildman–Crippen MR) is 76.2 cm³/mol. The van der Waals surface area contributed by atoms with Crippen LogP contribution in [0.15, 0.2) is 39.7 Å². The molecule has 2 rings (SSSR count). The number of rotatable bonds is 4. The first-order valence-electron chi connectivity index (χ1n) is 5.10. The van der Waals surface area contributed by atoms with E-state index in [1.807, 2.05) is 0 Å². The second-order valence-electron chi connectivity index (χ2n) is 3.65. The van der Waals surface area contributed by atoms with Gasteiger partial charge in [-0.2, -0.15) is 0 Å². The maximum Gasteiger partial charge on any atom is 0.345 e. The summed E-state index contributed by atoms with van der Waals surface area (Å²) < 4.78 is 39.7. The maximum absolute atomic E-state index is 13.3. The third kappa shape index (κ3) is 3.17. The molecule has 20 heavy (non-hydrogen) atoms. The monoisotopic (exact) mass is 379 g/mol. The molecule has 0 unspecified atom stereocenters. The van der Waals surface area contributed by atoms with Gasteiger partial charge < -0.3 is 5.11 Å². The zero-order valence-corrected chi connectivity index (χ0v) is 12.9. The molecule has 0 bridgehead atoms. The van der Waals surface area contributed by atoms with Gasteiger partial charge in [0, 0.05) is 0 Å². The Kier molecular flexibility index (Phi) is 4.11. The van der Waals surface area contributed by atoms with Crippen molar-refractivity contribution in [1.82, 2.24) is 0 Å². The Balaban J connectivity index is 2.30. The number of carboxylic acid groups (broad SMARTS) is 1. The molecular formula is C11H7BrFNO4S2. The van der Waals surface area contributed by atoms with Crippen LogP contribution < -0.4 is 4.72 Å². The number of halogens is 2. The van der Waals surface area contributed by atoms with Crippen LogP contribution in [0.4, 0.5) is 9.39 Å². The SMILES string of the molecule is O=C(O)c1ccc(NS(=O)(=O)c2ccc(Br)c(F)c2)s1. The van der Waals surface area contributed by atoms with Gasteiger partial charge in [0.1, 0.15) is 15.7 Å². The van der Waals surface area contributed by atoms with Crippen molar-refractivity contribution in [3.05, 3.63) is 45.5 Å². The smallest absolute Gasteiger partial charge is 0.345 e. The molecule has 0 atom stereocenters. The van der Waals surface area contributed by atoms with E-state index < -0.39 is 21.8 Å². The molecule has 5 nitrogen and oxygen atoms in total. The average Bonchev–Trinajstić information content (AvgIpc) is 2.80. The van der Waals surface area contributed by atoms with Crippen molar-refractivity contribution >= 4 is 48.3 Å². The third-order valence-electron chi connectivity index (χ3n) is 2.25. The van der Waals surface area contributed by atoms with Gasteiger partial charge in [0.25, 0.3) is 10.0 Å². The molecule has 1 aromatic heterocycles. The minimum Gasteiger partial charge on any atom is -0.477 e. The van der Waals surface area contributed by atoms with Gasteiger partial charge in [-0.25, -0.2) is 17.6 Å². The van der Waals surface area contributed by atoms with Gasteiger partial charge in [-0.05, 0) is 46.3 Å². The lowest BCUT2D eigenvalue weighted by Gasteiger charge is -2.06. The van der Waals surface area contributed by atoms with Crippen LogP contribution in [-0.2, 0) is 10.0 Å². The van der Waals surface area contributed by atoms with E-state index >= 15 is 0 Å². The minimum atomic E-state index is -3.96. The van der Waals surface area contributed by atoms with Gasteiger partial charge in [0.05, 0.1) is 9.37 Å². The number of hydrogen-bond donors (Lipinski definition) is 2. The van der Waals surface area contributed by atoms with Gasteiger partial charge in [-0.1, -0.05) is 0 Å². The van der Waals surface area contributed by atoms with Crippen LogP contribution in [-0.4, -0.2) is 19.5 Å². The summed E-state index contributed by atoms with van der Waals surface area (Å²) in [6.07, 6.45) is 0. The average molecular weight is 380 g/mol. The van der Waals surface area contributed by atoms with Gasteiger partial charge in [0.2, 0.25) is 0 Å². The molecule has 0 amide bonds. The Morgan fingerprint density at radius 2 is 2.00 bits per heavy atom. The first-order valence-corrected chi connectivity index (χ1v) is 8.20. The Bertz CT molecular complexity index is 772. The summed E-state index contributed by atoms with van der Waals surface area (Å²) in [6, 6.07) is 6.01. The van der Waals surface area contributed by atoms with Crippen LogP contribution in [0.3, 0.4) is 0 Å². The number of anilines is 1. The number of thiophene rings is 1. The van der Waals surface area contributed by atoms with Gasteiger partial charge in [-0.3, -0.25) is 4.72 Å². The van der Waals surface area contributed by atoms with Gasteiger partial charge in [0.15, 0.2) is 0 Å². The molecular weight excluding hydrogens is 373 g/mol. The standard InChI is InChI=1S/C11H7BrFNO4S2/c12-7-2-1-6(5-8(7)13)20(17,18)14-10-4-3-9(19-10)11(15)16/h1-5,14H,(H,15,16). The molecule has 1 heterocycles. The lowest BCUT2D eigenvalue weighted by molar-refractivity contribution is 0.0702. The fraction of sp³-hybridized carbons (Fsp3) is 0. The van der Waals surface area contributed by atoms with Crippen molar-refractivity contribution < 1.29 is 22.7 Å². The van der Waals surface area contributed by atoms with Crippen molar-refractivity contribution in [2.75, 3.05) is 4.72 Å². The summed E-state index contributed by atoms with van der Waals surface area (Å²) in [6.45, 7) is 0. The number of carboxylic acids is 1. The molecule has 9 heteroatoms. The zero-order chi connectivity index (χ0) is 14.9. The van der Waals surface area contributed by atoms with E-state index in [1.54, 1.807) is 0 Å². The molecule has 0 radical (unpaired) electrons. The predicted octanol–water partition coefficient (Wildman–Crippen LogP) is 3.15. The quantitative estimate of drug-likeness (QED) is 0.854. The van der Waals surface area contributed by atoms with Crippen molar-refractivity contribution in [3.63, 3.8) is 0 Å². The zero-order valence-electron chi connectivity index (χ0n) is 9.63. The molecule has 2 N–H and O–H groups in total. The van der Waals surface area contributed by atoms with E-state index in [0.717, 1.165) is 17.4 Å². The molecule has 0 spiro atoms. The van der Waals surface area contributed by atoms with Crippen LogP contribution >= 0.6 is 27.3 Å². The number of aromatic carboxylic acids is 1. The second kappa shape index (κ2) is 5.51. The van der Waals surface area contributed by atoms with Gasteiger partial charge in [-0.15, -0.1) is 11.3 Å². The van der Waals surface area contributed by atoms with Crippen molar-refractivity contribution in [2.24, 2.45) is 0 Å². The van der Waals surface area contributed by atoms with E-state index in [0.29, 0.717) is 0 Å². The highest BCUT2D eigenvalue weighted by atomic mass is 79.9. The van der Waals surface area contributed by atoms with Crippen LogP contribution in [0.25, 0.3) is 0 Å². The fourth-order valence-electron chi connectivity index (χ4n) is 1.34.